The van der Waals surface area contributed by atoms with Crippen LogP contribution in [0.2, 0.25) is 0 Å². The fraction of sp³-hybridized carbons (Fsp3) is 0. The van der Waals surface area contributed by atoms with Gasteiger partial charge in [0, 0.05) is 0 Å². The van der Waals surface area contributed by atoms with Gasteiger partial charge in [0.2, 0.25) is 0 Å². The van der Waals surface area contributed by atoms with Gasteiger partial charge in [-0.2, -0.15) is 0 Å². The lowest BCUT2D eigenvalue weighted by Crippen LogP contribution is -1.95. The first-order chi connectivity index (χ1) is 5.27. The Bertz CT molecular complexity index is 294. The molecule has 1 aromatic rings. The van der Waals surface area contributed by atoms with Crippen LogP contribution in [0.15, 0.2) is 24.8 Å². The van der Waals surface area contributed by atoms with Gasteiger partial charge in [-0.05, 0) is 17.7 Å². The lowest BCUT2D eigenvalue weighted by Gasteiger charge is -1.96. The summed E-state index contributed by atoms with van der Waals surface area (Å²) in [5.74, 6) is 0.119. The monoisotopic (exact) mass is 166 g/mol. The van der Waals surface area contributed by atoms with E-state index in [-0.39, 0.29) is 14.2 Å². The van der Waals surface area contributed by atoms with Crippen LogP contribution in [0.5, 0.6) is 5.75 Å². The molecule has 0 radical (unpaired) electrons. The van der Waals surface area contributed by atoms with Gasteiger partial charge in [-0.25, -0.2) is 0 Å². The number of benzene rings is 1. The van der Waals surface area contributed by atoms with E-state index in [1.165, 1.54) is 12.1 Å². The molecule has 0 aliphatic heterocycles. The highest BCUT2D eigenvalue weighted by atomic mass is 31.1. The highest BCUT2D eigenvalue weighted by Crippen LogP contribution is 2.12. The third-order valence-electron chi connectivity index (χ3n) is 1.33. The molecule has 0 saturated heterocycles. The lowest BCUT2D eigenvalue weighted by molar-refractivity contribution is 0.475. The number of aromatic hydroxyl groups is 1. The van der Waals surface area contributed by atoms with E-state index in [1.807, 2.05) is 0 Å². The Hall–Kier alpha value is -1.14. The van der Waals surface area contributed by atoms with Crippen molar-refractivity contribution in [2.24, 2.45) is 0 Å². The molecule has 0 amide bonds. The van der Waals surface area contributed by atoms with Crippen molar-refractivity contribution in [2.45, 2.75) is 0 Å². The van der Waals surface area contributed by atoms with E-state index in [4.69, 9.17) is 5.11 Å². The van der Waals surface area contributed by atoms with Crippen LogP contribution in [0.25, 0.3) is 6.08 Å². The Balaban J connectivity index is 3.26. The maximum Gasteiger partial charge on any atom is 0.193 e. The molecule has 2 nitrogen and oxygen atoms in total. The summed E-state index contributed by atoms with van der Waals surface area (Å²) in [5, 5.41) is 9.54. The van der Waals surface area contributed by atoms with Crippen molar-refractivity contribution in [2.75, 3.05) is 0 Å². The predicted molar refractivity (Wildman–Crippen MR) is 45.4 cm³/mol. The number of rotatable bonds is 2. The van der Waals surface area contributed by atoms with Crippen molar-refractivity contribution >= 4 is 19.8 Å². The molecule has 1 aromatic carbocycles. The van der Waals surface area contributed by atoms with Gasteiger partial charge in [-0.15, -0.1) is 0 Å². The van der Waals surface area contributed by atoms with Crippen LogP contribution in [0, 0.1) is 0 Å². The third-order valence-corrected chi connectivity index (χ3v) is 1.92. The van der Waals surface area contributed by atoms with Gasteiger partial charge in [0.05, 0.1) is 5.30 Å². The van der Waals surface area contributed by atoms with Gasteiger partial charge < -0.3 is 5.11 Å². The van der Waals surface area contributed by atoms with Crippen LogP contribution in [0.3, 0.4) is 0 Å². The molecule has 0 saturated carbocycles. The van der Waals surface area contributed by atoms with Crippen LogP contribution < -0.4 is 5.30 Å². The summed E-state index contributed by atoms with van der Waals surface area (Å²) in [4.78, 5) is 0. The molecule has 56 valence electrons. The number of phenols is 1. The first kappa shape index (κ1) is 7.96. The van der Waals surface area contributed by atoms with E-state index in [0.717, 1.165) is 5.56 Å². The van der Waals surface area contributed by atoms with Gasteiger partial charge in [0.25, 0.3) is 0 Å². The van der Waals surface area contributed by atoms with Crippen LogP contribution >= 0.6 is 8.46 Å². The Morgan fingerprint density at radius 2 is 2.27 bits per heavy atom. The van der Waals surface area contributed by atoms with Gasteiger partial charge in [-0.3, -0.25) is 4.57 Å². The Labute approximate surface area is 66.4 Å². The van der Waals surface area contributed by atoms with Crippen molar-refractivity contribution in [1.82, 2.24) is 0 Å². The zero-order chi connectivity index (χ0) is 8.27. The van der Waals surface area contributed by atoms with Crippen molar-refractivity contribution in [3.63, 3.8) is 0 Å². The van der Waals surface area contributed by atoms with E-state index in [2.05, 4.69) is 6.58 Å². The lowest BCUT2D eigenvalue weighted by atomic mass is 10.2. The molecule has 11 heavy (non-hydrogen) atoms. The van der Waals surface area contributed by atoms with Crippen molar-refractivity contribution < 1.29 is 9.67 Å². The second kappa shape index (κ2) is 3.31. The number of hydrogen-bond donors (Lipinski definition) is 1. The molecule has 1 N–H and O–H groups in total. The summed E-state index contributed by atoms with van der Waals surface area (Å²) >= 11 is 0. The molecular formula is C8H7O2P. The Kier molecular flexibility index (Phi) is 2.40. The summed E-state index contributed by atoms with van der Waals surface area (Å²) < 4.78 is 10.5. The van der Waals surface area contributed by atoms with Crippen LogP contribution in [-0.4, -0.2) is 5.11 Å². The van der Waals surface area contributed by atoms with E-state index < -0.39 is 0 Å². The SMILES string of the molecule is C=Cc1ccc(O)cc1P=O. The fourth-order valence-electron chi connectivity index (χ4n) is 0.784. The molecule has 0 spiro atoms. The Morgan fingerprint density at radius 3 is 2.82 bits per heavy atom. The molecule has 0 heterocycles. The van der Waals surface area contributed by atoms with E-state index in [1.54, 1.807) is 12.1 Å². The van der Waals surface area contributed by atoms with Crippen LogP contribution in [-0.2, 0) is 4.57 Å². The minimum absolute atomic E-state index is 0.0981. The summed E-state index contributed by atoms with van der Waals surface area (Å²) in [6, 6.07) is 4.65. The smallest absolute Gasteiger partial charge is 0.193 e. The fourth-order valence-corrected chi connectivity index (χ4v) is 1.24. The second-order valence-corrected chi connectivity index (χ2v) is 2.70. The first-order valence-electron chi connectivity index (χ1n) is 3.06. The maximum absolute atomic E-state index is 10.5. The van der Waals surface area contributed by atoms with Gasteiger partial charge >= 0.3 is 0 Å². The van der Waals surface area contributed by atoms with Gasteiger partial charge in [0.15, 0.2) is 8.46 Å². The highest BCUT2D eigenvalue weighted by Gasteiger charge is 1.98. The highest BCUT2D eigenvalue weighted by molar-refractivity contribution is 7.34. The van der Waals surface area contributed by atoms with Crippen molar-refractivity contribution in [1.29, 1.82) is 0 Å². The first-order valence-corrected chi connectivity index (χ1v) is 3.88. The average molecular weight is 166 g/mol. The normalized spacial score (nSPS) is 9.82. The number of hydrogen-bond acceptors (Lipinski definition) is 2. The van der Waals surface area contributed by atoms with Crippen LogP contribution in [0.1, 0.15) is 5.56 Å². The Morgan fingerprint density at radius 1 is 1.55 bits per heavy atom. The largest absolute Gasteiger partial charge is 0.508 e. The summed E-state index contributed by atoms with van der Waals surface area (Å²) in [5.41, 5.74) is 0.777. The van der Waals surface area contributed by atoms with E-state index in [9.17, 15) is 4.57 Å². The van der Waals surface area contributed by atoms with E-state index in [0.29, 0.717) is 5.30 Å². The minimum Gasteiger partial charge on any atom is -0.508 e. The molecule has 0 aliphatic carbocycles. The summed E-state index contributed by atoms with van der Waals surface area (Å²) in [6.45, 7) is 3.54. The zero-order valence-electron chi connectivity index (χ0n) is 5.82. The van der Waals surface area contributed by atoms with Gasteiger partial charge in [0.1, 0.15) is 5.75 Å². The van der Waals surface area contributed by atoms with Gasteiger partial charge in [-0.1, -0.05) is 18.7 Å². The molecule has 0 bridgehead atoms. The quantitative estimate of drug-likeness (QED) is 0.682. The topological polar surface area (TPSA) is 37.3 Å². The minimum atomic E-state index is -0.0981. The molecular weight excluding hydrogens is 159 g/mol. The van der Waals surface area contributed by atoms with Crippen LogP contribution in [0.4, 0.5) is 0 Å². The zero-order valence-corrected chi connectivity index (χ0v) is 6.71. The summed E-state index contributed by atoms with van der Waals surface area (Å²) in [6.07, 6.45) is 1.60. The maximum atomic E-state index is 10.5. The molecule has 3 heteroatoms. The predicted octanol–water partition coefficient (Wildman–Crippen LogP) is 1.95. The molecule has 0 unspecified atom stereocenters. The van der Waals surface area contributed by atoms with Crippen molar-refractivity contribution in [3.8, 4) is 5.75 Å². The average Bonchev–Trinajstić information content (AvgIpc) is 2.04. The van der Waals surface area contributed by atoms with E-state index >= 15 is 0 Å². The second-order valence-electron chi connectivity index (χ2n) is 2.04. The third kappa shape index (κ3) is 1.66. The standard InChI is InChI=1S/C8H7O2P/c1-2-6-3-4-7(9)5-8(6)11-10/h2-5,9H,1H2. The molecule has 1 rings (SSSR count). The molecule has 0 atom stereocenters. The molecule has 0 fully saturated rings. The molecule has 0 aromatic heterocycles. The summed E-state index contributed by atoms with van der Waals surface area (Å²) in [7, 11) is -0.0981. The number of phenolic OH excluding ortho intramolecular Hbond substituents is 1. The molecule has 0 aliphatic rings. The van der Waals surface area contributed by atoms with Crippen molar-refractivity contribution in [3.05, 3.63) is 30.3 Å².